The lowest BCUT2D eigenvalue weighted by Crippen LogP contribution is -2.38. The maximum absolute atomic E-state index is 13.7. The lowest BCUT2D eigenvalue weighted by atomic mass is 10.1. The molecule has 0 aliphatic carbocycles. The van der Waals surface area contributed by atoms with Crippen molar-refractivity contribution >= 4 is 30.7 Å². The Morgan fingerprint density at radius 1 is 1.21 bits per heavy atom. The first-order chi connectivity index (χ1) is 18.0. The number of nitrogens with zero attached hydrogens (tertiary/aromatic N) is 4. The van der Waals surface area contributed by atoms with E-state index in [0.717, 1.165) is 0 Å². The number of imidazole rings is 1. The van der Waals surface area contributed by atoms with Gasteiger partial charge in [-0.15, -0.1) is 0 Å². The van der Waals surface area contributed by atoms with Crippen molar-refractivity contribution in [1.29, 1.82) is 0 Å². The first kappa shape index (κ1) is 27.9. The first-order valence-corrected chi connectivity index (χ1v) is 13.5. The molecule has 38 heavy (non-hydrogen) atoms. The Labute approximate surface area is 218 Å². The Bertz CT molecular complexity index is 1320. The molecule has 5 N–H and O–H groups in total. The molecule has 1 aromatic carbocycles. The Hall–Kier alpha value is -3.13. The fourth-order valence-corrected chi connectivity index (χ4v) is 5.43. The van der Waals surface area contributed by atoms with E-state index in [2.05, 4.69) is 20.0 Å². The SMILES string of the molecule is Cc1nc2c(N)ncnc2n1[C@@H]1O[C@H](COP(=O)(N[C@H](C)C(=O)OC(C)C)Oc2ccccc2)[C@@H](O)[C@H]1O. The van der Waals surface area contributed by atoms with Crippen molar-refractivity contribution in [3.8, 4) is 5.75 Å². The summed E-state index contributed by atoms with van der Waals surface area (Å²) in [6.07, 6.45) is -4.19. The maximum atomic E-state index is 13.7. The molecule has 3 heterocycles. The predicted octanol–water partition coefficient (Wildman–Crippen LogP) is 1.47. The number of nitrogen functional groups attached to an aromatic ring is 1. The summed E-state index contributed by atoms with van der Waals surface area (Å²) in [6, 6.07) is 7.18. The van der Waals surface area contributed by atoms with E-state index in [4.69, 9.17) is 24.3 Å². The normalized spacial score (nSPS) is 23.9. The minimum absolute atomic E-state index is 0.153. The third kappa shape index (κ3) is 5.96. The smallest absolute Gasteiger partial charge is 0.459 e. The van der Waals surface area contributed by atoms with Crippen molar-refractivity contribution < 1.29 is 38.1 Å². The fraction of sp³-hybridized carbons (Fsp3) is 0.478. The molecule has 1 unspecified atom stereocenters. The average Bonchev–Trinajstić information content (AvgIpc) is 3.34. The molecule has 15 heteroatoms. The molecule has 0 amide bonds. The van der Waals surface area contributed by atoms with E-state index < -0.39 is 50.9 Å². The summed E-state index contributed by atoms with van der Waals surface area (Å²) >= 11 is 0. The lowest BCUT2D eigenvalue weighted by Gasteiger charge is -2.25. The van der Waals surface area contributed by atoms with Gasteiger partial charge in [-0.25, -0.2) is 19.5 Å². The minimum atomic E-state index is -4.21. The molecule has 1 saturated heterocycles. The van der Waals surface area contributed by atoms with Gasteiger partial charge in [-0.1, -0.05) is 18.2 Å². The van der Waals surface area contributed by atoms with Gasteiger partial charge in [0.15, 0.2) is 23.2 Å². The number of nitrogens with two attached hydrogens (primary N) is 1. The molecule has 3 aromatic rings. The summed E-state index contributed by atoms with van der Waals surface area (Å²) in [5, 5.41) is 24.1. The lowest BCUT2D eigenvalue weighted by molar-refractivity contribution is -0.149. The predicted molar refractivity (Wildman–Crippen MR) is 135 cm³/mol. The minimum Gasteiger partial charge on any atom is -0.462 e. The van der Waals surface area contributed by atoms with Gasteiger partial charge in [-0.05, 0) is 39.8 Å². The highest BCUT2D eigenvalue weighted by Gasteiger charge is 2.46. The van der Waals surface area contributed by atoms with E-state index in [1.54, 1.807) is 51.1 Å². The standard InChI is InChI=1S/C23H31N6O8P/c1-12(2)35-23(32)13(3)28-38(33,37-15-8-6-5-7-9-15)34-10-16-18(30)19(31)22(36-16)29-14(4)27-17-20(24)25-11-26-21(17)29/h5-9,11-13,16,18-19,22,30-31H,10H2,1-4H3,(H,28,33)(H2,24,25,26)/t13-,16-,18-,19-,22-,38?/m1/s1. The summed E-state index contributed by atoms with van der Waals surface area (Å²) in [5.74, 6) is 0.135. The molecule has 6 atom stereocenters. The van der Waals surface area contributed by atoms with Crippen molar-refractivity contribution in [3.05, 3.63) is 42.5 Å². The van der Waals surface area contributed by atoms with Crippen LogP contribution in [0.25, 0.3) is 11.2 Å². The Morgan fingerprint density at radius 3 is 2.61 bits per heavy atom. The third-order valence-electron chi connectivity index (χ3n) is 5.71. The van der Waals surface area contributed by atoms with Crippen LogP contribution in [0.5, 0.6) is 5.75 Å². The molecule has 206 valence electrons. The van der Waals surface area contributed by atoms with E-state index in [1.165, 1.54) is 17.8 Å². The van der Waals surface area contributed by atoms with Crippen molar-refractivity contribution in [2.75, 3.05) is 12.3 Å². The zero-order valence-corrected chi connectivity index (χ0v) is 22.2. The van der Waals surface area contributed by atoms with Crippen LogP contribution in [0.4, 0.5) is 5.82 Å². The Kier molecular flexibility index (Phi) is 8.31. The van der Waals surface area contributed by atoms with Gasteiger partial charge in [-0.3, -0.25) is 13.9 Å². The van der Waals surface area contributed by atoms with Crippen LogP contribution in [0, 0.1) is 6.92 Å². The largest absolute Gasteiger partial charge is 0.462 e. The monoisotopic (exact) mass is 550 g/mol. The number of aliphatic hydroxyl groups is 2. The van der Waals surface area contributed by atoms with Crippen molar-refractivity contribution in [1.82, 2.24) is 24.6 Å². The summed E-state index contributed by atoms with van der Waals surface area (Å²) in [6.45, 7) is 6.04. The third-order valence-corrected chi connectivity index (χ3v) is 7.35. The van der Waals surface area contributed by atoms with Crippen LogP contribution in [0.1, 0.15) is 32.8 Å². The number of aryl methyl sites for hydroxylation is 1. The number of aromatic nitrogens is 4. The molecule has 0 spiro atoms. The molecule has 2 aromatic heterocycles. The number of esters is 1. The molecule has 1 aliphatic rings. The zero-order valence-electron chi connectivity index (χ0n) is 21.3. The Balaban J connectivity index is 1.53. The molecule has 14 nitrogen and oxygen atoms in total. The molecule has 0 radical (unpaired) electrons. The van der Waals surface area contributed by atoms with Crippen molar-refractivity contribution in [2.24, 2.45) is 0 Å². The molecule has 1 fully saturated rings. The van der Waals surface area contributed by atoms with Gasteiger partial charge in [0.2, 0.25) is 0 Å². The van der Waals surface area contributed by atoms with E-state index in [9.17, 15) is 19.6 Å². The second-order valence-electron chi connectivity index (χ2n) is 9.04. The van der Waals surface area contributed by atoms with Gasteiger partial charge in [0, 0.05) is 0 Å². The average molecular weight is 551 g/mol. The number of ether oxygens (including phenoxy) is 2. The highest BCUT2D eigenvalue weighted by molar-refractivity contribution is 7.52. The van der Waals surface area contributed by atoms with Crippen molar-refractivity contribution in [3.63, 3.8) is 0 Å². The molecule has 0 saturated carbocycles. The number of rotatable bonds is 10. The second-order valence-corrected chi connectivity index (χ2v) is 10.7. The topological polar surface area (TPSA) is 193 Å². The number of aliphatic hydroxyl groups excluding tert-OH is 2. The number of benzene rings is 1. The quantitative estimate of drug-likeness (QED) is 0.210. The van der Waals surface area contributed by atoms with Gasteiger partial charge in [-0.2, -0.15) is 5.09 Å². The highest BCUT2D eigenvalue weighted by atomic mass is 31.2. The number of hydrogen-bond acceptors (Lipinski definition) is 12. The summed E-state index contributed by atoms with van der Waals surface area (Å²) in [7, 11) is -4.21. The van der Waals surface area contributed by atoms with Gasteiger partial charge >= 0.3 is 13.7 Å². The summed E-state index contributed by atoms with van der Waals surface area (Å²) in [5.41, 5.74) is 6.52. The zero-order chi connectivity index (χ0) is 27.6. The first-order valence-electron chi connectivity index (χ1n) is 11.9. The van der Waals surface area contributed by atoms with Crippen LogP contribution in [-0.4, -0.2) is 72.8 Å². The number of fused-ring (bicyclic) bond motifs is 1. The van der Waals surface area contributed by atoms with Gasteiger partial charge in [0.05, 0.1) is 12.7 Å². The van der Waals surface area contributed by atoms with E-state index >= 15 is 0 Å². The van der Waals surface area contributed by atoms with E-state index in [1.807, 2.05) is 0 Å². The van der Waals surface area contributed by atoms with Crippen LogP contribution in [0.2, 0.25) is 0 Å². The van der Waals surface area contributed by atoms with Gasteiger partial charge in [0.1, 0.15) is 42.3 Å². The molecule has 4 rings (SSSR count). The van der Waals surface area contributed by atoms with Gasteiger partial charge < -0.3 is 29.9 Å². The number of carbonyl (C=O) groups is 1. The number of nitrogens with one attached hydrogen (secondary N) is 1. The molecular formula is C23H31N6O8P. The number of para-hydroxylation sites is 1. The van der Waals surface area contributed by atoms with Crippen LogP contribution in [-0.2, 0) is 23.4 Å². The second kappa shape index (κ2) is 11.3. The van der Waals surface area contributed by atoms with E-state index in [-0.39, 0.29) is 17.7 Å². The number of carbonyl (C=O) groups excluding carboxylic acids is 1. The molecule has 0 bridgehead atoms. The van der Waals surface area contributed by atoms with Crippen molar-refractivity contribution in [2.45, 2.75) is 64.4 Å². The van der Waals surface area contributed by atoms with E-state index in [0.29, 0.717) is 17.0 Å². The maximum Gasteiger partial charge on any atom is 0.459 e. The molecule has 1 aliphatic heterocycles. The fourth-order valence-electron chi connectivity index (χ4n) is 3.93. The van der Waals surface area contributed by atoms with Crippen LogP contribution < -0.4 is 15.3 Å². The van der Waals surface area contributed by atoms with Gasteiger partial charge in [0.25, 0.3) is 0 Å². The van der Waals surface area contributed by atoms with Crippen LogP contribution in [0.15, 0.2) is 36.7 Å². The van der Waals surface area contributed by atoms with Crippen LogP contribution in [0.3, 0.4) is 0 Å². The Morgan fingerprint density at radius 2 is 1.92 bits per heavy atom. The molecular weight excluding hydrogens is 519 g/mol. The highest BCUT2D eigenvalue weighted by Crippen LogP contribution is 2.46. The number of hydrogen-bond donors (Lipinski definition) is 4. The summed E-state index contributed by atoms with van der Waals surface area (Å²) < 4.78 is 37.5. The summed E-state index contributed by atoms with van der Waals surface area (Å²) in [4.78, 5) is 24.8. The number of anilines is 1. The van der Waals surface area contributed by atoms with Crippen LogP contribution >= 0.6 is 7.75 Å².